The maximum atomic E-state index is 5.63. The van der Waals surface area contributed by atoms with E-state index in [1.54, 1.807) is 6.07 Å². The molecule has 0 bridgehead atoms. The number of anilines is 1. The van der Waals surface area contributed by atoms with Crippen molar-refractivity contribution in [3.63, 3.8) is 0 Å². The first kappa shape index (κ1) is 7.80. The van der Waals surface area contributed by atoms with Crippen LogP contribution in [0.4, 0.5) is 5.82 Å². The summed E-state index contributed by atoms with van der Waals surface area (Å²) in [7, 11) is 0. The summed E-state index contributed by atoms with van der Waals surface area (Å²) in [6.45, 7) is 2.19. The summed E-state index contributed by atoms with van der Waals surface area (Å²) < 4.78 is 0. The van der Waals surface area contributed by atoms with Gasteiger partial charge in [0.1, 0.15) is 0 Å². The zero-order valence-electron chi connectivity index (χ0n) is 6.70. The van der Waals surface area contributed by atoms with Crippen LogP contribution in [0, 0.1) is 0 Å². The molecule has 1 aliphatic rings. The van der Waals surface area contributed by atoms with Crippen LogP contribution >= 0.6 is 11.6 Å². The van der Waals surface area contributed by atoms with Crippen molar-refractivity contribution in [2.75, 3.05) is 18.0 Å². The SMILES string of the molecule is Clc1ccc(N2CCCC2)nn1. The Morgan fingerprint density at radius 2 is 1.92 bits per heavy atom. The van der Waals surface area contributed by atoms with Gasteiger partial charge in [-0.25, -0.2) is 0 Å². The van der Waals surface area contributed by atoms with Crippen molar-refractivity contribution in [1.29, 1.82) is 0 Å². The van der Waals surface area contributed by atoms with Gasteiger partial charge in [0.2, 0.25) is 0 Å². The molecule has 4 heteroatoms. The van der Waals surface area contributed by atoms with Gasteiger partial charge in [0.05, 0.1) is 0 Å². The average molecular weight is 184 g/mol. The maximum Gasteiger partial charge on any atom is 0.151 e. The van der Waals surface area contributed by atoms with Crippen molar-refractivity contribution in [2.45, 2.75) is 12.8 Å². The van der Waals surface area contributed by atoms with E-state index in [1.807, 2.05) is 6.07 Å². The van der Waals surface area contributed by atoms with Gasteiger partial charge in [0, 0.05) is 13.1 Å². The molecule has 0 saturated carbocycles. The van der Waals surface area contributed by atoms with Crippen molar-refractivity contribution < 1.29 is 0 Å². The van der Waals surface area contributed by atoms with Crippen LogP contribution in [0.5, 0.6) is 0 Å². The molecule has 0 atom stereocenters. The first-order chi connectivity index (χ1) is 5.86. The van der Waals surface area contributed by atoms with E-state index in [9.17, 15) is 0 Å². The quantitative estimate of drug-likeness (QED) is 0.664. The second-order valence-corrected chi connectivity index (χ2v) is 3.30. The van der Waals surface area contributed by atoms with Crippen LogP contribution in [0.1, 0.15) is 12.8 Å². The summed E-state index contributed by atoms with van der Waals surface area (Å²) in [4.78, 5) is 2.23. The summed E-state index contributed by atoms with van der Waals surface area (Å²) in [6.07, 6.45) is 2.51. The van der Waals surface area contributed by atoms with Crippen LogP contribution < -0.4 is 4.90 Å². The lowest BCUT2D eigenvalue weighted by Crippen LogP contribution is -2.19. The molecule has 0 aromatic carbocycles. The minimum absolute atomic E-state index is 0.456. The highest BCUT2D eigenvalue weighted by atomic mass is 35.5. The smallest absolute Gasteiger partial charge is 0.151 e. The molecule has 12 heavy (non-hydrogen) atoms. The number of halogens is 1. The average Bonchev–Trinajstić information content (AvgIpc) is 2.58. The van der Waals surface area contributed by atoms with Gasteiger partial charge in [-0.15, -0.1) is 10.2 Å². The summed E-state index contributed by atoms with van der Waals surface area (Å²) in [5.74, 6) is 0.942. The van der Waals surface area contributed by atoms with Crippen LogP contribution in [-0.2, 0) is 0 Å². The minimum Gasteiger partial charge on any atom is -0.355 e. The number of hydrogen-bond donors (Lipinski definition) is 0. The standard InChI is InChI=1S/C8H10ClN3/c9-7-3-4-8(11-10-7)12-5-1-2-6-12/h3-4H,1-2,5-6H2. The zero-order chi connectivity index (χ0) is 8.39. The van der Waals surface area contributed by atoms with Crippen LogP contribution in [0.2, 0.25) is 5.15 Å². The summed E-state index contributed by atoms with van der Waals surface area (Å²) in [5.41, 5.74) is 0. The maximum absolute atomic E-state index is 5.63. The third-order valence-electron chi connectivity index (χ3n) is 2.05. The Kier molecular flexibility index (Phi) is 2.13. The lowest BCUT2D eigenvalue weighted by Gasteiger charge is -2.14. The molecular formula is C8H10ClN3. The minimum atomic E-state index is 0.456. The van der Waals surface area contributed by atoms with E-state index in [1.165, 1.54) is 12.8 Å². The van der Waals surface area contributed by atoms with Gasteiger partial charge in [-0.3, -0.25) is 0 Å². The molecule has 64 valence electrons. The summed E-state index contributed by atoms with van der Waals surface area (Å²) in [5, 5.41) is 8.26. The molecule has 3 nitrogen and oxygen atoms in total. The largest absolute Gasteiger partial charge is 0.355 e. The lowest BCUT2D eigenvalue weighted by atomic mass is 10.4. The van der Waals surface area contributed by atoms with Crippen LogP contribution in [-0.4, -0.2) is 23.3 Å². The predicted octanol–water partition coefficient (Wildman–Crippen LogP) is 1.73. The normalized spacial score (nSPS) is 16.9. The molecule has 2 rings (SSSR count). The Labute approximate surface area is 76.4 Å². The molecule has 0 N–H and O–H groups in total. The van der Waals surface area contributed by atoms with Gasteiger partial charge in [0.15, 0.2) is 11.0 Å². The highest BCUT2D eigenvalue weighted by Crippen LogP contribution is 2.17. The van der Waals surface area contributed by atoms with E-state index >= 15 is 0 Å². The van der Waals surface area contributed by atoms with E-state index in [4.69, 9.17) is 11.6 Å². The molecule has 0 spiro atoms. The van der Waals surface area contributed by atoms with Crippen molar-refractivity contribution in [3.05, 3.63) is 17.3 Å². The van der Waals surface area contributed by atoms with E-state index in [0.717, 1.165) is 18.9 Å². The fourth-order valence-corrected chi connectivity index (χ4v) is 1.52. The van der Waals surface area contributed by atoms with Gasteiger partial charge in [-0.05, 0) is 25.0 Å². The lowest BCUT2D eigenvalue weighted by molar-refractivity contribution is 0.894. The number of rotatable bonds is 1. The van der Waals surface area contributed by atoms with E-state index in [-0.39, 0.29) is 0 Å². The van der Waals surface area contributed by atoms with Crippen molar-refractivity contribution >= 4 is 17.4 Å². The monoisotopic (exact) mass is 183 g/mol. The topological polar surface area (TPSA) is 29.0 Å². The Balaban J connectivity index is 2.17. The van der Waals surface area contributed by atoms with E-state index in [2.05, 4.69) is 15.1 Å². The Morgan fingerprint density at radius 1 is 1.17 bits per heavy atom. The molecule has 0 unspecified atom stereocenters. The second-order valence-electron chi connectivity index (χ2n) is 2.91. The van der Waals surface area contributed by atoms with Crippen LogP contribution in [0.15, 0.2) is 12.1 Å². The molecule has 0 amide bonds. The second kappa shape index (κ2) is 3.27. The zero-order valence-corrected chi connectivity index (χ0v) is 7.46. The predicted molar refractivity (Wildman–Crippen MR) is 48.5 cm³/mol. The Morgan fingerprint density at radius 3 is 2.50 bits per heavy atom. The highest BCUT2D eigenvalue weighted by Gasteiger charge is 2.13. The fraction of sp³-hybridized carbons (Fsp3) is 0.500. The highest BCUT2D eigenvalue weighted by molar-refractivity contribution is 6.29. The van der Waals surface area contributed by atoms with Crippen LogP contribution in [0.25, 0.3) is 0 Å². The number of aromatic nitrogens is 2. The molecule has 2 heterocycles. The molecule has 1 aromatic heterocycles. The van der Waals surface area contributed by atoms with Gasteiger partial charge in [-0.2, -0.15) is 0 Å². The summed E-state index contributed by atoms with van der Waals surface area (Å²) >= 11 is 5.63. The first-order valence-electron chi connectivity index (χ1n) is 4.10. The van der Waals surface area contributed by atoms with E-state index < -0.39 is 0 Å². The van der Waals surface area contributed by atoms with Crippen molar-refractivity contribution in [2.24, 2.45) is 0 Å². The molecule has 1 saturated heterocycles. The van der Waals surface area contributed by atoms with Crippen LogP contribution in [0.3, 0.4) is 0 Å². The molecule has 0 aliphatic carbocycles. The Hall–Kier alpha value is -0.830. The van der Waals surface area contributed by atoms with E-state index in [0.29, 0.717) is 5.15 Å². The molecule has 1 aromatic rings. The first-order valence-corrected chi connectivity index (χ1v) is 4.48. The summed E-state index contributed by atoms with van der Waals surface area (Å²) in [6, 6.07) is 3.70. The van der Waals surface area contributed by atoms with Crippen molar-refractivity contribution in [3.8, 4) is 0 Å². The fourth-order valence-electron chi connectivity index (χ4n) is 1.42. The molecular weight excluding hydrogens is 174 g/mol. The Bertz CT molecular complexity index is 254. The van der Waals surface area contributed by atoms with Gasteiger partial charge in [-0.1, -0.05) is 11.6 Å². The number of nitrogens with zero attached hydrogens (tertiary/aromatic N) is 3. The van der Waals surface area contributed by atoms with Crippen molar-refractivity contribution in [1.82, 2.24) is 10.2 Å². The molecule has 1 aliphatic heterocycles. The molecule has 1 fully saturated rings. The van der Waals surface area contributed by atoms with Gasteiger partial charge in [0.25, 0.3) is 0 Å². The third kappa shape index (κ3) is 1.50. The van der Waals surface area contributed by atoms with Gasteiger partial charge >= 0.3 is 0 Å². The molecule has 0 radical (unpaired) electrons. The van der Waals surface area contributed by atoms with Gasteiger partial charge < -0.3 is 4.90 Å². The third-order valence-corrected chi connectivity index (χ3v) is 2.25. The number of hydrogen-bond acceptors (Lipinski definition) is 3.